The van der Waals surface area contributed by atoms with Crippen LogP contribution in [0, 0.1) is 10.1 Å². The Morgan fingerprint density at radius 2 is 1.64 bits per heavy atom. The fourth-order valence-corrected chi connectivity index (χ4v) is 4.95. The molecule has 4 rings (SSSR count). The third-order valence-electron chi connectivity index (χ3n) is 6.71. The number of rotatable bonds is 8. The number of unbranched alkanes of at least 4 members (excludes halogenated alkanes) is 2. The lowest BCUT2D eigenvalue weighted by molar-refractivity contribution is -0.384. The molecular formula is C29H31N3O4. The number of para-hydroxylation sites is 2. The Labute approximate surface area is 211 Å². The number of amides is 2. The minimum atomic E-state index is -0.478. The van der Waals surface area contributed by atoms with Crippen LogP contribution >= 0.6 is 0 Å². The van der Waals surface area contributed by atoms with Crippen LogP contribution in [0.15, 0.2) is 78.9 Å². The molecule has 0 radical (unpaired) electrons. The van der Waals surface area contributed by atoms with Gasteiger partial charge in [0.05, 0.1) is 11.0 Å². The third kappa shape index (κ3) is 5.15. The number of benzene rings is 3. The van der Waals surface area contributed by atoms with E-state index in [1.165, 1.54) is 24.3 Å². The highest BCUT2D eigenvalue weighted by Crippen LogP contribution is 2.43. The van der Waals surface area contributed by atoms with E-state index in [0.29, 0.717) is 18.4 Å². The second-order valence-electron chi connectivity index (χ2n) is 9.19. The number of nitro benzene ring substituents is 1. The standard InChI is InChI=1S/C29H31N3O4/c1-3-4-6-15-28(33)30-21(2)20-27(25-13-9-10-14-26(25)30)31(23-11-7-5-8-12-23)29(34)22-16-18-24(19-17-22)32(35)36/h5,7-14,16-19,21,27H,3-4,6,15,20H2,1-2H3/t21-,27-/m0/s1. The Morgan fingerprint density at radius 1 is 0.972 bits per heavy atom. The lowest BCUT2D eigenvalue weighted by Gasteiger charge is -2.43. The zero-order chi connectivity index (χ0) is 25.7. The molecule has 0 saturated heterocycles. The van der Waals surface area contributed by atoms with Gasteiger partial charge in [0.2, 0.25) is 5.91 Å². The maximum absolute atomic E-state index is 13.9. The molecule has 0 fully saturated rings. The second-order valence-corrected chi connectivity index (χ2v) is 9.19. The Kier molecular flexibility index (Phi) is 7.78. The van der Waals surface area contributed by atoms with Crippen LogP contribution in [-0.4, -0.2) is 22.8 Å². The topological polar surface area (TPSA) is 83.8 Å². The summed E-state index contributed by atoms with van der Waals surface area (Å²) in [6.45, 7) is 4.15. The zero-order valence-corrected chi connectivity index (χ0v) is 20.7. The molecular weight excluding hydrogens is 454 g/mol. The van der Waals surface area contributed by atoms with Gasteiger partial charge in [0.15, 0.2) is 0 Å². The molecule has 0 unspecified atom stereocenters. The SMILES string of the molecule is CCCCCC(=O)N1c2ccccc2[C@@H](N(C(=O)c2ccc([N+](=O)[O-])cc2)c2ccccc2)C[C@@H]1C. The summed E-state index contributed by atoms with van der Waals surface area (Å²) < 4.78 is 0. The van der Waals surface area contributed by atoms with Crippen LogP contribution in [0.3, 0.4) is 0 Å². The van der Waals surface area contributed by atoms with Crippen molar-refractivity contribution in [2.45, 2.75) is 58.0 Å². The molecule has 0 N–H and O–H groups in total. The van der Waals surface area contributed by atoms with Crippen LogP contribution in [0.1, 0.15) is 67.9 Å². The van der Waals surface area contributed by atoms with E-state index >= 15 is 0 Å². The van der Waals surface area contributed by atoms with Gasteiger partial charge >= 0.3 is 0 Å². The lowest BCUT2D eigenvalue weighted by atomic mass is 9.89. The number of anilines is 2. The zero-order valence-electron chi connectivity index (χ0n) is 20.7. The maximum Gasteiger partial charge on any atom is 0.269 e. The average molecular weight is 486 g/mol. The van der Waals surface area contributed by atoms with Crippen LogP contribution in [-0.2, 0) is 4.79 Å². The van der Waals surface area contributed by atoms with Gasteiger partial charge in [-0.25, -0.2) is 0 Å². The van der Waals surface area contributed by atoms with Crippen molar-refractivity contribution in [3.8, 4) is 0 Å². The van der Waals surface area contributed by atoms with E-state index in [-0.39, 0.29) is 29.6 Å². The predicted molar refractivity (Wildman–Crippen MR) is 141 cm³/mol. The Morgan fingerprint density at radius 3 is 2.31 bits per heavy atom. The number of fused-ring (bicyclic) bond motifs is 1. The van der Waals surface area contributed by atoms with Crippen molar-refractivity contribution < 1.29 is 14.5 Å². The fraction of sp³-hybridized carbons (Fsp3) is 0.310. The number of non-ortho nitro benzene ring substituents is 1. The molecule has 3 aromatic rings. The third-order valence-corrected chi connectivity index (χ3v) is 6.71. The van der Waals surface area contributed by atoms with Gasteiger partial charge in [-0.3, -0.25) is 19.7 Å². The van der Waals surface area contributed by atoms with Gasteiger partial charge in [-0.15, -0.1) is 0 Å². The van der Waals surface area contributed by atoms with Crippen molar-refractivity contribution >= 4 is 28.9 Å². The van der Waals surface area contributed by atoms with Gasteiger partial charge in [0, 0.05) is 41.5 Å². The number of carbonyl (C=O) groups is 2. The van der Waals surface area contributed by atoms with Crippen LogP contribution in [0.2, 0.25) is 0 Å². The van der Waals surface area contributed by atoms with Gasteiger partial charge in [-0.1, -0.05) is 56.2 Å². The fourth-order valence-electron chi connectivity index (χ4n) is 4.95. The van der Waals surface area contributed by atoms with E-state index in [4.69, 9.17) is 0 Å². The van der Waals surface area contributed by atoms with Crippen molar-refractivity contribution in [2.24, 2.45) is 0 Å². The minimum absolute atomic E-state index is 0.0633. The van der Waals surface area contributed by atoms with E-state index in [9.17, 15) is 19.7 Å². The van der Waals surface area contributed by atoms with E-state index in [0.717, 1.165) is 36.2 Å². The molecule has 1 heterocycles. The van der Waals surface area contributed by atoms with Gasteiger partial charge < -0.3 is 9.80 Å². The van der Waals surface area contributed by atoms with E-state index in [1.54, 1.807) is 4.90 Å². The first kappa shape index (κ1) is 25.1. The summed E-state index contributed by atoms with van der Waals surface area (Å²) >= 11 is 0. The molecule has 1 aliphatic heterocycles. The number of hydrogen-bond acceptors (Lipinski definition) is 4. The minimum Gasteiger partial charge on any atom is -0.309 e. The Bertz CT molecular complexity index is 1230. The van der Waals surface area contributed by atoms with Crippen molar-refractivity contribution in [1.29, 1.82) is 0 Å². The van der Waals surface area contributed by atoms with Gasteiger partial charge in [0.25, 0.3) is 11.6 Å². The highest BCUT2D eigenvalue weighted by Gasteiger charge is 2.38. The van der Waals surface area contributed by atoms with E-state index in [1.807, 2.05) is 66.4 Å². The lowest BCUT2D eigenvalue weighted by Crippen LogP contribution is -2.47. The number of carbonyl (C=O) groups excluding carboxylic acids is 2. The average Bonchev–Trinajstić information content (AvgIpc) is 2.89. The quantitative estimate of drug-likeness (QED) is 0.202. The predicted octanol–water partition coefficient (Wildman–Crippen LogP) is 6.69. The van der Waals surface area contributed by atoms with Crippen molar-refractivity contribution in [3.05, 3.63) is 100 Å². The summed E-state index contributed by atoms with van der Waals surface area (Å²) in [5.74, 6) is -0.138. The van der Waals surface area contributed by atoms with Crippen LogP contribution in [0.5, 0.6) is 0 Å². The first-order valence-electron chi connectivity index (χ1n) is 12.5. The molecule has 0 bridgehead atoms. The molecule has 7 nitrogen and oxygen atoms in total. The molecule has 0 spiro atoms. The highest BCUT2D eigenvalue weighted by molar-refractivity contribution is 6.07. The first-order valence-corrected chi connectivity index (χ1v) is 12.5. The second kappa shape index (κ2) is 11.2. The molecule has 0 saturated carbocycles. The summed E-state index contributed by atoms with van der Waals surface area (Å²) in [5, 5.41) is 11.1. The molecule has 7 heteroatoms. The van der Waals surface area contributed by atoms with Crippen LogP contribution < -0.4 is 9.80 Å². The smallest absolute Gasteiger partial charge is 0.269 e. The molecule has 186 valence electrons. The summed E-state index contributed by atoms with van der Waals surface area (Å²) in [4.78, 5) is 41.4. The highest BCUT2D eigenvalue weighted by atomic mass is 16.6. The number of nitro groups is 1. The van der Waals surface area contributed by atoms with Crippen LogP contribution in [0.4, 0.5) is 17.1 Å². The first-order chi connectivity index (χ1) is 17.4. The van der Waals surface area contributed by atoms with E-state index < -0.39 is 4.92 Å². The van der Waals surface area contributed by atoms with Gasteiger partial charge in [0.1, 0.15) is 0 Å². The molecule has 2 atom stereocenters. The summed E-state index contributed by atoms with van der Waals surface area (Å²) in [6, 6.07) is 22.5. The van der Waals surface area contributed by atoms with Crippen molar-refractivity contribution in [2.75, 3.05) is 9.80 Å². The molecule has 0 aromatic heterocycles. The molecule has 3 aromatic carbocycles. The molecule has 1 aliphatic rings. The van der Waals surface area contributed by atoms with Crippen molar-refractivity contribution in [3.63, 3.8) is 0 Å². The monoisotopic (exact) mass is 485 g/mol. The largest absolute Gasteiger partial charge is 0.309 e. The number of hydrogen-bond donors (Lipinski definition) is 0. The van der Waals surface area contributed by atoms with Crippen LogP contribution in [0.25, 0.3) is 0 Å². The normalized spacial score (nSPS) is 16.8. The summed E-state index contributed by atoms with van der Waals surface area (Å²) in [5.41, 5.74) is 2.79. The van der Waals surface area contributed by atoms with Gasteiger partial charge in [-0.05, 0) is 55.7 Å². The molecule has 0 aliphatic carbocycles. The maximum atomic E-state index is 13.9. The Hall–Kier alpha value is -4.00. The summed E-state index contributed by atoms with van der Waals surface area (Å²) in [7, 11) is 0. The molecule has 36 heavy (non-hydrogen) atoms. The van der Waals surface area contributed by atoms with E-state index in [2.05, 4.69) is 6.92 Å². The molecule has 2 amide bonds. The Balaban J connectivity index is 1.75. The van der Waals surface area contributed by atoms with Gasteiger partial charge in [-0.2, -0.15) is 0 Å². The summed E-state index contributed by atoms with van der Waals surface area (Å²) in [6.07, 6.45) is 4.01. The van der Waals surface area contributed by atoms with Crippen molar-refractivity contribution in [1.82, 2.24) is 0 Å². The number of nitrogens with zero attached hydrogens (tertiary/aromatic N) is 3.